The van der Waals surface area contributed by atoms with Gasteiger partial charge in [0.05, 0.1) is 11.5 Å². The number of carbonyl (C=O) groups excluding carboxylic acids is 2. The maximum atomic E-state index is 11.4. The number of hydrogen-bond acceptors (Lipinski definition) is 4. The standard InChI is InChI=1S/C10H10N2O4.C2H6/c1-7(13)11-6-10(14)8-2-4-9(5-3-8)12(15)16;1-2/h2-5H,6H2,1H3,(H,11,13);1-2H3. The highest BCUT2D eigenvalue weighted by atomic mass is 16.6. The highest BCUT2D eigenvalue weighted by Gasteiger charge is 2.09. The Kier molecular flexibility index (Phi) is 6.95. The molecule has 1 aromatic rings. The number of nitro groups is 1. The van der Waals surface area contributed by atoms with E-state index in [9.17, 15) is 19.7 Å². The number of nitro benzene ring substituents is 1. The third-order valence-electron chi connectivity index (χ3n) is 1.90. The van der Waals surface area contributed by atoms with Gasteiger partial charge in [-0.05, 0) is 12.1 Å². The van der Waals surface area contributed by atoms with Gasteiger partial charge in [-0.1, -0.05) is 13.8 Å². The molecule has 0 saturated heterocycles. The first-order chi connectivity index (χ1) is 8.50. The van der Waals surface area contributed by atoms with Crippen molar-refractivity contribution in [3.05, 3.63) is 39.9 Å². The van der Waals surface area contributed by atoms with E-state index in [2.05, 4.69) is 5.32 Å². The molecule has 0 spiro atoms. The Hall–Kier alpha value is -2.24. The summed E-state index contributed by atoms with van der Waals surface area (Å²) >= 11 is 0. The summed E-state index contributed by atoms with van der Waals surface area (Å²) < 4.78 is 0. The molecule has 0 bridgehead atoms. The SMILES string of the molecule is CC.CC(=O)NCC(=O)c1ccc([N+](=O)[O-])cc1. The lowest BCUT2D eigenvalue weighted by Crippen LogP contribution is -2.27. The van der Waals surface area contributed by atoms with Crippen LogP contribution >= 0.6 is 0 Å². The summed E-state index contributed by atoms with van der Waals surface area (Å²) in [4.78, 5) is 31.8. The van der Waals surface area contributed by atoms with Crippen LogP contribution in [0.4, 0.5) is 5.69 Å². The van der Waals surface area contributed by atoms with Crippen molar-refractivity contribution in [1.29, 1.82) is 0 Å². The van der Waals surface area contributed by atoms with Crippen molar-refractivity contribution in [1.82, 2.24) is 5.32 Å². The van der Waals surface area contributed by atoms with Crippen LogP contribution < -0.4 is 5.32 Å². The number of benzene rings is 1. The van der Waals surface area contributed by atoms with Gasteiger partial charge in [0, 0.05) is 24.6 Å². The van der Waals surface area contributed by atoms with Gasteiger partial charge in [0.15, 0.2) is 5.78 Å². The molecule has 1 amide bonds. The molecule has 0 aliphatic rings. The maximum Gasteiger partial charge on any atom is 0.269 e. The zero-order valence-electron chi connectivity index (χ0n) is 10.6. The molecule has 98 valence electrons. The maximum absolute atomic E-state index is 11.4. The number of ketones is 1. The number of hydrogen-bond donors (Lipinski definition) is 1. The molecule has 0 aliphatic heterocycles. The molecule has 0 atom stereocenters. The van der Waals surface area contributed by atoms with Crippen molar-refractivity contribution in [3.63, 3.8) is 0 Å². The Morgan fingerprint density at radius 1 is 1.22 bits per heavy atom. The van der Waals surface area contributed by atoms with E-state index in [1.165, 1.54) is 31.2 Å². The van der Waals surface area contributed by atoms with Crippen LogP contribution in [0.15, 0.2) is 24.3 Å². The Bertz CT molecular complexity index is 426. The second-order valence-electron chi connectivity index (χ2n) is 3.14. The van der Waals surface area contributed by atoms with E-state index in [4.69, 9.17) is 0 Å². The van der Waals surface area contributed by atoms with Crippen molar-refractivity contribution in [2.75, 3.05) is 6.54 Å². The monoisotopic (exact) mass is 252 g/mol. The normalized spacial score (nSPS) is 8.83. The molecule has 0 fully saturated rings. The van der Waals surface area contributed by atoms with Gasteiger partial charge in [-0.2, -0.15) is 0 Å². The number of non-ortho nitro benzene ring substituents is 1. The first-order valence-corrected chi connectivity index (χ1v) is 5.53. The number of Topliss-reactive ketones (excluding diaryl/α,β-unsaturated/α-hetero) is 1. The number of rotatable bonds is 4. The summed E-state index contributed by atoms with van der Waals surface area (Å²) in [5.41, 5.74) is 0.260. The molecule has 6 heteroatoms. The molecule has 0 aliphatic carbocycles. The lowest BCUT2D eigenvalue weighted by Gasteiger charge is -2.01. The predicted molar refractivity (Wildman–Crippen MR) is 67.5 cm³/mol. The summed E-state index contributed by atoms with van der Waals surface area (Å²) in [5, 5.41) is 12.7. The fourth-order valence-corrected chi connectivity index (χ4v) is 1.08. The first kappa shape index (κ1) is 15.8. The Labute approximate surface area is 105 Å². The predicted octanol–water partition coefficient (Wildman–Crippen LogP) is 1.94. The fraction of sp³-hybridized carbons (Fsp3) is 0.333. The van der Waals surface area contributed by atoms with Crippen molar-refractivity contribution in [2.45, 2.75) is 20.8 Å². The topological polar surface area (TPSA) is 89.3 Å². The lowest BCUT2D eigenvalue weighted by atomic mass is 10.1. The highest BCUT2D eigenvalue weighted by molar-refractivity contribution is 5.99. The minimum absolute atomic E-state index is 0.0731. The molecular formula is C12H16N2O4. The molecule has 0 unspecified atom stereocenters. The quantitative estimate of drug-likeness (QED) is 0.503. The first-order valence-electron chi connectivity index (χ1n) is 5.53. The van der Waals surface area contributed by atoms with Gasteiger partial charge in [-0.25, -0.2) is 0 Å². The van der Waals surface area contributed by atoms with Crippen molar-refractivity contribution in [2.24, 2.45) is 0 Å². The van der Waals surface area contributed by atoms with Gasteiger partial charge in [-0.3, -0.25) is 19.7 Å². The average molecular weight is 252 g/mol. The lowest BCUT2D eigenvalue weighted by molar-refractivity contribution is -0.384. The third kappa shape index (κ3) is 5.20. The van der Waals surface area contributed by atoms with Gasteiger partial charge >= 0.3 is 0 Å². The van der Waals surface area contributed by atoms with E-state index in [0.717, 1.165) is 0 Å². The minimum atomic E-state index is -0.540. The molecule has 0 saturated carbocycles. The van der Waals surface area contributed by atoms with Crippen molar-refractivity contribution in [3.8, 4) is 0 Å². The number of carbonyl (C=O) groups is 2. The summed E-state index contributed by atoms with van der Waals surface area (Å²) in [6.07, 6.45) is 0. The molecule has 0 radical (unpaired) electrons. The zero-order valence-corrected chi connectivity index (χ0v) is 10.6. The van der Waals surface area contributed by atoms with Crippen LogP contribution in [-0.4, -0.2) is 23.2 Å². The second kappa shape index (κ2) is 7.94. The van der Waals surface area contributed by atoms with E-state index in [-0.39, 0.29) is 23.9 Å². The fourth-order valence-electron chi connectivity index (χ4n) is 1.08. The zero-order chi connectivity index (χ0) is 14.1. The number of nitrogens with one attached hydrogen (secondary N) is 1. The van der Waals surface area contributed by atoms with Gasteiger partial charge < -0.3 is 5.32 Å². The summed E-state index contributed by atoms with van der Waals surface area (Å²) in [5.74, 6) is -0.583. The molecule has 1 aromatic carbocycles. The van der Waals surface area contributed by atoms with Gasteiger partial charge in [0.25, 0.3) is 5.69 Å². The molecule has 6 nitrogen and oxygen atoms in total. The van der Waals surface area contributed by atoms with Crippen LogP contribution in [0.5, 0.6) is 0 Å². The summed E-state index contributed by atoms with van der Waals surface area (Å²) in [6.45, 7) is 5.20. The second-order valence-corrected chi connectivity index (χ2v) is 3.14. The van der Waals surface area contributed by atoms with Crippen LogP contribution in [0.1, 0.15) is 31.1 Å². The Morgan fingerprint density at radius 2 is 1.72 bits per heavy atom. The van der Waals surface area contributed by atoms with Crippen LogP contribution in [0.2, 0.25) is 0 Å². The molecular weight excluding hydrogens is 236 g/mol. The summed E-state index contributed by atoms with van der Waals surface area (Å²) in [6, 6.07) is 5.23. The largest absolute Gasteiger partial charge is 0.349 e. The average Bonchev–Trinajstić information content (AvgIpc) is 2.38. The Balaban J connectivity index is 0.00000137. The van der Waals surface area contributed by atoms with E-state index in [1.807, 2.05) is 13.8 Å². The molecule has 1 rings (SSSR count). The molecule has 0 heterocycles. The Morgan fingerprint density at radius 3 is 2.11 bits per heavy atom. The van der Waals surface area contributed by atoms with Gasteiger partial charge in [0.1, 0.15) is 0 Å². The van der Waals surface area contributed by atoms with Gasteiger partial charge in [0.2, 0.25) is 5.91 Å². The number of amides is 1. The molecule has 18 heavy (non-hydrogen) atoms. The van der Waals surface area contributed by atoms with Crippen molar-refractivity contribution >= 4 is 17.4 Å². The van der Waals surface area contributed by atoms with E-state index >= 15 is 0 Å². The van der Waals surface area contributed by atoms with E-state index < -0.39 is 4.92 Å². The summed E-state index contributed by atoms with van der Waals surface area (Å²) in [7, 11) is 0. The highest BCUT2D eigenvalue weighted by Crippen LogP contribution is 2.11. The molecule has 1 N–H and O–H groups in total. The van der Waals surface area contributed by atoms with E-state index in [1.54, 1.807) is 0 Å². The number of nitrogens with zero attached hydrogens (tertiary/aromatic N) is 1. The van der Waals surface area contributed by atoms with Crippen LogP contribution in [0, 0.1) is 10.1 Å². The molecule has 0 aromatic heterocycles. The smallest absolute Gasteiger partial charge is 0.269 e. The van der Waals surface area contributed by atoms with Crippen LogP contribution in [0.3, 0.4) is 0 Å². The van der Waals surface area contributed by atoms with E-state index in [0.29, 0.717) is 5.56 Å². The van der Waals surface area contributed by atoms with Crippen molar-refractivity contribution < 1.29 is 14.5 Å². The van der Waals surface area contributed by atoms with Crippen LogP contribution in [0.25, 0.3) is 0 Å². The third-order valence-corrected chi connectivity index (χ3v) is 1.90. The van der Waals surface area contributed by atoms with Gasteiger partial charge in [-0.15, -0.1) is 0 Å². The van der Waals surface area contributed by atoms with Crippen LogP contribution in [-0.2, 0) is 4.79 Å². The minimum Gasteiger partial charge on any atom is -0.349 e.